The molecule has 2 N–H and O–H groups in total. The molecular weight excluding hydrogens is 444 g/mol. The summed E-state index contributed by atoms with van der Waals surface area (Å²) in [5, 5.41) is 12.1. The third-order valence-corrected chi connectivity index (χ3v) is 7.10. The Morgan fingerprint density at radius 2 is 1.74 bits per heavy atom. The number of carboxylic acid groups (broad SMARTS) is 1. The monoisotopic (exact) mass is 478 g/mol. The van der Waals surface area contributed by atoms with Crippen LogP contribution in [0.1, 0.15) is 68.9 Å². The standard InChI is InChI=1S/C28H34N2O5/c1-2-3-9-19(16-26(31)30-15-8-10-20(30)17-27(32)33)29-28(34)35-18-25-23-13-6-4-11-21(23)22-12-5-7-14-24(22)25/h4-7,11-14,19-20,25H,2-3,8-10,15-18H2,1H3,(H,29,34)(H,32,33). The van der Waals surface area contributed by atoms with E-state index < -0.39 is 12.1 Å². The molecule has 2 aromatic carbocycles. The molecule has 0 saturated carbocycles. The van der Waals surface area contributed by atoms with E-state index in [-0.39, 0.29) is 43.4 Å². The second-order valence-corrected chi connectivity index (χ2v) is 9.49. The molecule has 2 aliphatic rings. The SMILES string of the molecule is CCCCC(CC(=O)N1CCCC1CC(=O)O)NC(=O)OCC1c2ccccc2-c2ccccc21. The van der Waals surface area contributed by atoms with Crippen LogP contribution in [0.25, 0.3) is 11.1 Å². The Hall–Kier alpha value is -3.35. The van der Waals surface area contributed by atoms with Crippen molar-refractivity contribution >= 4 is 18.0 Å². The summed E-state index contributed by atoms with van der Waals surface area (Å²) in [6.45, 7) is 2.86. The van der Waals surface area contributed by atoms with Crippen molar-refractivity contribution in [3.05, 3.63) is 59.7 Å². The Kier molecular flexibility index (Phi) is 8.06. The molecule has 1 fully saturated rings. The van der Waals surface area contributed by atoms with E-state index in [0.717, 1.165) is 30.4 Å². The molecule has 1 aliphatic carbocycles. The minimum absolute atomic E-state index is 0.0229. The van der Waals surface area contributed by atoms with Crippen LogP contribution in [-0.2, 0) is 14.3 Å². The van der Waals surface area contributed by atoms with E-state index in [1.165, 1.54) is 11.1 Å². The van der Waals surface area contributed by atoms with Gasteiger partial charge in [0, 0.05) is 31.0 Å². The van der Waals surface area contributed by atoms with Crippen molar-refractivity contribution in [3.8, 4) is 11.1 Å². The lowest BCUT2D eigenvalue weighted by molar-refractivity contribution is -0.140. The van der Waals surface area contributed by atoms with Gasteiger partial charge in [0.1, 0.15) is 6.61 Å². The lowest BCUT2D eigenvalue weighted by Gasteiger charge is -2.26. The van der Waals surface area contributed by atoms with Crippen molar-refractivity contribution in [2.75, 3.05) is 13.2 Å². The number of fused-ring (bicyclic) bond motifs is 3. The maximum atomic E-state index is 13.0. The number of unbranched alkanes of at least 4 members (excludes halogenated alkanes) is 1. The van der Waals surface area contributed by atoms with Crippen LogP contribution in [-0.4, -0.2) is 53.2 Å². The first kappa shape index (κ1) is 24.8. The summed E-state index contributed by atoms with van der Waals surface area (Å²) in [6.07, 6.45) is 3.60. The summed E-state index contributed by atoms with van der Waals surface area (Å²) in [4.78, 5) is 38.6. The number of carboxylic acids is 1. The molecular formula is C28H34N2O5. The molecule has 35 heavy (non-hydrogen) atoms. The van der Waals surface area contributed by atoms with Crippen LogP contribution in [0.5, 0.6) is 0 Å². The van der Waals surface area contributed by atoms with Crippen LogP contribution in [0.4, 0.5) is 4.79 Å². The predicted molar refractivity (Wildman–Crippen MR) is 133 cm³/mol. The molecule has 1 aliphatic heterocycles. The van der Waals surface area contributed by atoms with Crippen molar-refractivity contribution in [3.63, 3.8) is 0 Å². The fourth-order valence-electron chi connectivity index (χ4n) is 5.39. The number of hydrogen-bond donors (Lipinski definition) is 2. The minimum Gasteiger partial charge on any atom is -0.481 e. The maximum Gasteiger partial charge on any atom is 0.407 e. The summed E-state index contributed by atoms with van der Waals surface area (Å²) in [5.74, 6) is -1.02. The van der Waals surface area contributed by atoms with Crippen LogP contribution in [0, 0.1) is 0 Å². The number of carbonyl (C=O) groups excluding carboxylic acids is 2. The molecule has 0 radical (unpaired) electrons. The Labute approximate surface area is 206 Å². The number of rotatable bonds is 10. The zero-order valence-electron chi connectivity index (χ0n) is 20.2. The number of likely N-dealkylation sites (tertiary alicyclic amines) is 1. The average Bonchev–Trinajstić information content (AvgIpc) is 3.43. The zero-order valence-corrected chi connectivity index (χ0v) is 20.2. The van der Waals surface area contributed by atoms with Gasteiger partial charge >= 0.3 is 12.1 Å². The maximum absolute atomic E-state index is 13.0. The highest BCUT2D eigenvalue weighted by Crippen LogP contribution is 2.44. The highest BCUT2D eigenvalue weighted by molar-refractivity contribution is 5.80. The van der Waals surface area contributed by atoms with Gasteiger partial charge in [-0.05, 0) is 41.5 Å². The Balaban J connectivity index is 1.37. The summed E-state index contributed by atoms with van der Waals surface area (Å²) >= 11 is 0. The third-order valence-electron chi connectivity index (χ3n) is 7.10. The van der Waals surface area contributed by atoms with Crippen molar-refractivity contribution in [1.29, 1.82) is 0 Å². The molecule has 1 heterocycles. The van der Waals surface area contributed by atoms with Gasteiger partial charge in [-0.1, -0.05) is 68.3 Å². The fourth-order valence-corrected chi connectivity index (χ4v) is 5.39. The topological polar surface area (TPSA) is 95.9 Å². The number of nitrogens with one attached hydrogen (secondary N) is 1. The number of ether oxygens (including phenoxy) is 1. The molecule has 2 aromatic rings. The van der Waals surface area contributed by atoms with Crippen molar-refractivity contribution < 1.29 is 24.2 Å². The first-order valence-electron chi connectivity index (χ1n) is 12.6. The number of amides is 2. The highest BCUT2D eigenvalue weighted by atomic mass is 16.5. The van der Waals surface area contributed by atoms with Crippen LogP contribution in [0.2, 0.25) is 0 Å². The van der Waals surface area contributed by atoms with Gasteiger partial charge in [0.15, 0.2) is 0 Å². The Bertz CT molecular complexity index is 1020. The average molecular weight is 479 g/mol. The molecule has 7 heteroatoms. The fraction of sp³-hybridized carbons (Fsp3) is 0.464. The highest BCUT2D eigenvalue weighted by Gasteiger charge is 2.32. The number of alkyl carbamates (subject to hydrolysis) is 1. The van der Waals surface area contributed by atoms with E-state index in [1.54, 1.807) is 4.90 Å². The van der Waals surface area contributed by atoms with Gasteiger partial charge in [0.25, 0.3) is 0 Å². The summed E-state index contributed by atoms with van der Waals surface area (Å²) in [5.41, 5.74) is 4.64. The molecule has 7 nitrogen and oxygen atoms in total. The van der Waals surface area contributed by atoms with Crippen LogP contribution < -0.4 is 5.32 Å². The quantitative estimate of drug-likeness (QED) is 0.504. The van der Waals surface area contributed by atoms with Crippen LogP contribution >= 0.6 is 0 Å². The largest absolute Gasteiger partial charge is 0.481 e. The van der Waals surface area contributed by atoms with E-state index in [4.69, 9.17) is 9.84 Å². The number of aliphatic carboxylic acids is 1. The normalized spacial score (nSPS) is 17.5. The van der Waals surface area contributed by atoms with E-state index in [2.05, 4.69) is 36.5 Å². The van der Waals surface area contributed by atoms with Gasteiger partial charge < -0.3 is 20.1 Å². The Morgan fingerprint density at radius 1 is 1.09 bits per heavy atom. The van der Waals surface area contributed by atoms with Gasteiger partial charge in [-0.3, -0.25) is 9.59 Å². The van der Waals surface area contributed by atoms with Gasteiger partial charge in [0.05, 0.1) is 6.42 Å². The van der Waals surface area contributed by atoms with Gasteiger partial charge in [-0.25, -0.2) is 4.79 Å². The van der Waals surface area contributed by atoms with Crippen molar-refractivity contribution in [1.82, 2.24) is 10.2 Å². The number of hydrogen-bond acceptors (Lipinski definition) is 4. The van der Waals surface area contributed by atoms with E-state index in [0.29, 0.717) is 19.4 Å². The first-order valence-corrected chi connectivity index (χ1v) is 12.6. The molecule has 4 rings (SSSR count). The number of benzene rings is 2. The molecule has 2 amide bonds. The van der Waals surface area contributed by atoms with E-state index in [1.807, 2.05) is 24.3 Å². The number of nitrogens with zero attached hydrogens (tertiary/aromatic N) is 1. The molecule has 2 atom stereocenters. The van der Waals surface area contributed by atoms with Crippen LogP contribution in [0.15, 0.2) is 48.5 Å². The smallest absolute Gasteiger partial charge is 0.407 e. The summed E-state index contributed by atoms with van der Waals surface area (Å²) in [7, 11) is 0. The van der Waals surface area contributed by atoms with Gasteiger partial charge in [-0.15, -0.1) is 0 Å². The molecule has 2 unspecified atom stereocenters. The number of carbonyl (C=O) groups is 3. The molecule has 0 bridgehead atoms. The third kappa shape index (κ3) is 5.84. The summed E-state index contributed by atoms with van der Waals surface area (Å²) < 4.78 is 5.68. The lowest BCUT2D eigenvalue weighted by atomic mass is 9.98. The molecule has 0 spiro atoms. The van der Waals surface area contributed by atoms with Crippen molar-refractivity contribution in [2.45, 2.75) is 69.9 Å². The zero-order chi connectivity index (χ0) is 24.8. The second-order valence-electron chi connectivity index (χ2n) is 9.49. The van der Waals surface area contributed by atoms with Gasteiger partial charge in [0.2, 0.25) is 5.91 Å². The summed E-state index contributed by atoms with van der Waals surface area (Å²) in [6, 6.07) is 15.8. The van der Waals surface area contributed by atoms with Crippen LogP contribution in [0.3, 0.4) is 0 Å². The van der Waals surface area contributed by atoms with E-state index in [9.17, 15) is 14.4 Å². The Morgan fingerprint density at radius 3 is 2.37 bits per heavy atom. The molecule has 186 valence electrons. The predicted octanol–water partition coefficient (Wildman–Crippen LogP) is 4.94. The molecule has 1 saturated heterocycles. The first-order chi connectivity index (χ1) is 17.0. The van der Waals surface area contributed by atoms with Gasteiger partial charge in [-0.2, -0.15) is 0 Å². The minimum atomic E-state index is -0.894. The second kappa shape index (κ2) is 11.4. The lowest BCUT2D eigenvalue weighted by Crippen LogP contribution is -2.43. The molecule has 0 aromatic heterocycles. The van der Waals surface area contributed by atoms with E-state index >= 15 is 0 Å². The van der Waals surface area contributed by atoms with Crippen molar-refractivity contribution in [2.24, 2.45) is 0 Å².